The van der Waals surface area contributed by atoms with Gasteiger partial charge in [-0.2, -0.15) is 0 Å². The number of esters is 1. The molecule has 2 rings (SSSR count). The van der Waals surface area contributed by atoms with Crippen LogP contribution in [0, 0.1) is 0 Å². The molecule has 1 aromatic carbocycles. The van der Waals surface area contributed by atoms with Gasteiger partial charge in [0, 0.05) is 7.05 Å². The van der Waals surface area contributed by atoms with Crippen molar-refractivity contribution in [3.05, 3.63) is 35.9 Å². The Labute approximate surface area is 149 Å². The van der Waals surface area contributed by atoms with Crippen LogP contribution in [0.4, 0.5) is 0 Å². The molecule has 6 heteroatoms. The highest BCUT2D eigenvalue weighted by atomic mass is 16.5. The number of hydrogen-bond donors (Lipinski definition) is 0. The van der Waals surface area contributed by atoms with Gasteiger partial charge >= 0.3 is 5.97 Å². The minimum absolute atomic E-state index is 0.0167. The molecule has 1 amide bonds. The van der Waals surface area contributed by atoms with Crippen molar-refractivity contribution in [2.24, 2.45) is 0 Å². The molecule has 0 aliphatic carbocycles. The summed E-state index contributed by atoms with van der Waals surface area (Å²) in [6.07, 6.45) is 0. The Balaban J connectivity index is 2.26. The molecule has 0 spiro atoms. The number of ether oxygens (including phenoxy) is 2. The molecule has 0 N–H and O–H groups in total. The van der Waals surface area contributed by atoms with Crippen molar-refractivity contribution in [3.63, 3.8) is 0 Å². The van der Waals surface area contributed by atoms with Crippen LogP contribution in [0.5, 0.6) is 0 Å². The summed E-state index contributed by atoms with van der Waals surface area (Å²) >= 11 is 0. The predicted molar refractivity (Wildman–Crippen MR) is 94.8 cm³/mol. The normalized spacial score (nSPS) is 22.2. The van der Waals surface area contributed by atoms with E-state index >= 15 is 0 Å². The lowest BCUT2D eigenvalue weighted by Crippen LogP contribution is -2.55. The number of carbonyl (C=O) groups excluding carboxylic acids is 2. The molecule has 1 saturated heterocycles. The monoisotopic (exact) mass is 348 g/mol. The average molecular weight is 348 g/mol. The van der Waals surface area contributed by atoms with Gasteiger partial charge in [0.15, 0.2) is 0 Å². The summed E-state index contributed by atoms with van der Waals surface area (Å²) < 4.78 is 10.7. The molecule has 0 unspecified atom stereocenters. The highest BCUT2D eigenvalue weighted by molar-refractivity contribution is 5.87. The number of methoxy groups -OCH3 is 1. The number of nitrogens with zero attached hydrogens (tertiary/aromatic N) is 2. The van der Waals surface area contributed by atoms with E-state index in [4.69, 9.17) is 9.47 Å². The molecule has 0 radical (unpaired) electrons. The number of benzene rings is 1. The zero-order valence-corrected chi connectivity index (χ0v) is 15.9. The number of amides is 1. The first-order chi connectivity index (χ1) is 11.7. The van der Waals surface area contributed by atoms with Crippen molar-refractivity contribution in [1.82, 2.24) is 9.80 Å². The molecule has 0 saturated carbocycles. The van der Waals surface area contributed by atoms with E-state index in [1.165, 1.54) is 12.0 Å². The maximum atomic E-state index is 13.0. The van der Waals surface area contributed by atoms with Gasteiger partial charge in [-0.15, -0.1) is 0 Å². The molecule has 1 heterocycles. The summed E-state index contributed by atoms with van der Waals surface area (Å²) in [6.45, 7) is 7.96. The summed E-state index contributed by atoms with van der Waals surface area (Å²) in [7, 11) is 2.95. The molecule has 0 bridgehead atoms. The van der Waals surface area contributed by atoms with Crippen LogP contribution in [0.1, 0.15) is 39.3 Å². The van der Waals surface area contributed by atoms with Crippen LogP contribution in [0.2, 0.25) is 0 Å². The summed E-state index contributed by atoms with van der Waals surface area (Å²) in [5, 5.41) is 0. The van der Waals surface area contributed by atoms with E-state index in [0.29, 0.717) is 6.61 Å². The first-order valence-electron chi connectivity index (χ1n) is 8.52. The topological polar surface area (TPSA) is 59.1 Å². The van der Waals surface area contributed by atoms with Crippen LogP contribution >= 0.6 is 0 Å². The predicted octanol–water partition coefficient (Wildman–Crippen LogP) is 2.20. The van der Waals surface area contributed by atoms with Crippen molar-refractivity contribution in [2.75, 3.05) is 20.8 Å². The Morgan fingerprint density at radius 1 is 1.28 bits per heavy atom. The highest BCUT2D eigenvalue weighted by Gasteiger charge is 2.46. The number of likely N-dealkylation sites (N-methyl/N-ethyl adjacent to an activating group) is 1. The van der Waals surface area contributed by atoms with Gasteiger partial charge in [-0.25, -0.2) is 4.79 Å². The maximum Gasteiger partial charge on any atom is 0.328 e. The second-order valence-electron chi connectivity index (χ2n) is 6.92. The minimum atomic E-state index is -0.637. The van der Waals surface area contributed by atoms with Crippen LogP contribution < -0.4 is 0 Å². The first-order valence-corrected chi connectivity index (χ1v) is 8.52. The Bertz CT molecular complexity index is 617. The van der Waals surface area contributed by atoms with E-state index in [1.807, 2.05) is 51.1 Å². The van der Waals surface area contributed by atoms with Crippen molar-refractivity contribution in [2.45, 2.75) is 51.5 Å². The average Bonchev–Trinajstić information content (AvgIpc) is 2.94. The number of hydrogen-bond acceptors (Lipinski definition) is 5. The SMILES string of the molecule is COC(=O)[C@H](C)N(C)C(=O)[C@@H](C)N1[C@H](c2ccccc2)COC1(C)C. The van der Waals surface area contributed by atoms with Gasteiger partial charge in [-0.1, -0.05) is 30.3 Å². The van der Waals surface area contributed by atoms with Crippen molar-refractivity contribution < 1.29 is 19.1 Å². The summed E-state index contributed by atoms with van der Waals surface area (Å²) in [5.41, 5.74) is 0.529. The standard InChI is InChI=1S/C19H28N2O4/c1-13(17(22)20(5)14(2)18(23)24-6)21-16(12-25-19(21,3)4)15-10-8-7-9-11-15/h7-11,13-14,16H,12H2,1-6H3/t13-,14+,16+/m1/s1. The largest absolute Gasteiger partial charge is 0.467 e. The third kappa shape index (κ3) is 3.85. The van der Waals surface area contributed by atoms with Gasteiger partial charge in [0.25, 0.3) is 0 Å². The zero-order valence-electron chi connectivity index (χ0n) is 15.9. The lowest BCUT2D eigenvalue weighted by Gasteiger charge is -2.39. The fourth-order valence-electron chi connectivity index (χ4n) is 3.41. The molecule has 3 atom stereocenters. The fourth-order valence-corrected chi connectivity index (χ4v) is 3.41. The second kappa shape index (κ2) is 7.54. The summed E-state index contributed by atoms with van der Waals surface area (Å²) in [4.78, 5) is 28.2. The number of rotatable bonds is 5. The molecule has 0 aromatic heterocycles. The lowest BCUT2D eigenvalue weighted by atomic mass is 10.0. The second-order valence-corrected chi connectivity index (χ2v) is 6.92. The highest BCUT2D eigenvalue weighted by Crippen LogP contribution is 2.38. The van der Waals surface area contributed by atoms with E-state index < -0.39 is 23.8 Å². The lowest BCUT2D eigenvalue weighted by molar-refractivity contribution is -0.155. The molecule has 1 aliphatic heterocycles. The van der Waals surface area contributed by atoms with Gasteiger partial charge in [0.1, 0.15) is 11.8 Å². The van der Waals surface area contributed by atoms with E-state index in [1.54, 1.807) is 14.0 Å². The van der Waals surface area contributed by atoms with Crippen LogP contribution in [0.25, 0.3) is 0 Å². The van der Waals surface area contributed by atoms with Crippen LogP contribution in [0.3, 0.4) is 0 Å². The van der Waals surface area contributed by atoms with E-state index in [9.17, 15) is 9.59 Å². The first kappa shape index (κ1) is 19.4. The van der Waals surface area contributed by atoms with Crippen molar-refractivity contribution in [3.8, 4) is 0 Å². The Morgan fingerprint density at radius 3 is 2.44 bits per heavy atom. The molecule has 138 valence electrons. The molecule has 1 aliphatic rings. The third-order valence-electron chi connectivity index (χ3n) is 4.98. The zero-order chi connectivity index (χ0) is 18.8. The molecule has 1 aromatic rings. The van der Waals surface area contributed by atoms with Gasteiger partial charge in [-0.3, -0.25) is 9.69 Å². The van der Waals surface area contributed by atoms with Gasteiger partial charge < -0.3 is 14.4 Å². The maximum absolute atomic E-state index is 13.0. The Kier molecular flexibility index (Phi) is 5.85. The van der Waals surface area contributed by atoms with Crippen molar-refractivity contribution >= 4 is 11.9 Å². The summed E-state index contributed by atoms with van der Waals surface area (Å²) in [6, 6.07) is 8.92. The summed E-state index contributed by atoms with van der Waals surface area (Å²) in [5.74, 6) is -0.572. The molecule has 1 fully saturated rings. The van der Waals surface area contributed by atoms with Gasteiger partial charge in [0.05, 0.1) is 25.8 Å². The van der Waals surface area contributed by atoms with Crippen molar-refractivity contribution in [1.29, 1.82) is 0 Å². The smallest absolute Gasteiger partial charge is 0.328 e. The van der Waals surface area contributed by atoms with Crippen LogP contribution in [-0.4, -0.2) is 60.2 Å². The molecular weight excluding hydrogens is 320 g/mol. The minimum Gasteiger partial charge on any atom is -0.467 e. The van der Waals surface area contributed by atoms with Gasteiger partial charge in [-0.05, 0) is 33.3 Å². The van der Waals surface area contributed by atoms with E-state index in [0.717, 1.165) is 5.56 Å². The van der Waals surface area contributed by atoms with Gasteiger partial charge in [0.2, 0.25) is 5.91 Å². The fraction of sp³-hybridized carbons (Fsp3) is 0.579. The molecular formula is C19H28N2O4. The third-order valence-corrected chi connectivity index (χ3v) is 4.98. The Hall–Kier alpha value is -1.92. The number of carbonyl (C=O) groups is 2. The molecule has 25 heavy (non-hydrogen) atoms. The van der Waals surface area contributed by atoms with Crippen LogP contribution in [0.15, 0.2) is 30.3 Å². The Morgan fingerprint density at radius 2 is 1.88 bits per heavy atom. The molecule has 6 nitrogen and oxygen atoms in total. The quantitative estimate of drug-likeness (QED) is 0.764. The van der Waals surface area contributed by atoms with Crippen LogP contribution in [-0.2, 0) is 19.1 Å². The van der Waals surface area contributed by atoms with E-state index in [-0.39, 0.29) is 11.9 Å². The van der Waals surface area contributed by atoms with E-state index in [2.05, 4.69) is 4.90 Å².